The number of rotatable bonds is 1. The van der Waals surface area contributed by atoms with E-state index < -0.39 is 12.5 Å². The van der Waals surface area contributed by atoms with E-state index in [1.807, 2.05) is 12.3 Å². The number of alkyl halides is 2. The SMILES string of the molecule is O=C(N1CCCC(c2ncc3cnc4[nH]ccc4n23)C1)N1CCCC(F)(F)C1. The van der Waals surface area contributed by atoms with Gasteiger partial charge in [-0.05, 0) is 25.3 Å². The molecule has 0 bridgehead atoms. The highest BCUT2D eigenvalue weighted by Gasteiger charge is 2.39. The van der Waals surface area contributed by atoms with Crippen LogP contribution < -0.4 is 0 Å². The molecular formula is C19H22F2N6O. The summed E-state index contributed by atoms with van der Waals surface area (Å²) in [5, 5.41) is 0. The van der Waals surface area contributed by atoms with Gasteiger partial charge in [0.2, 0.25) is 0 Å². The molecule has 1 atom stereocenters. The van der Waals surface area contributed by atoms with Crippen LogP contribution in [-0.2, 0) is 0 Å². The Morgan fingerprint density at radius 2 is 2.00 bits per heavy atom. The van der Waals surface area contributed by atoms with E-state index in [1.165, 1.54) is 4.90 Å². The highest BCUT2D eigenvalue weighted by Crippen LogP contribution is 2.31. The molecule has 2 amide bonds. The fourth-order valence-electron chi connectivity index (χ4n) is 4.48. The van der Waals surface area contributed by atoms with Gasteiger partial charge >= 0.3 is 6.03 Å². The molecule has 1 unspecified atom stereocenters. The monoisotopic (exact) mass is 388 g/mol. The smallest absolute Gasteiger partial charge is 0.320 e. The summed E-state index contributed by atoms with van der Waals surface area (Å²) in [6.45, 7) is 1.02. The molecule has 7 nitrogen and oxygen atoms in total. The average Bonchev–Trinajstić information content (AvgIpc) is 3.32. The van der Waals surface area contributed by atoms with Crippen molar-refractivity contribution in [1.82, 2.24) is 29.2 Å². The van der Waals surface area contributed by atoms with Crippen LogP contribution in [0.25, 0.3) is 16.7 Å². The number of fused-ring (bicyclic) bond motifs is 3. The number of piperidine rings is 2. The summed E-state index contributed by atoms with van der Waals surface area (Å²) in [5.74, 6) is -1.83. The number of imidazole rings is 1. The summed E-state index contributed by atoms with van der Waals surface area (Å²) in [6.07, 6.45) is 7.36. The van der Waals surface area contributed by atoms with Crippen LogP contribution in [0.5, 0.6) is 0 Å². The summed E-state index contributed by atoms with van der Waals surface area (Å²) in [6, 6.07) is 1.68. The summed E-state index contributed by atoms with van der Waals surface area (Å²) in [5.41, 5.74) is 2.64. The van der Waals surface area contributed by atoms with Crippen LogP contribution in [0, 0.1) is 0 Å². The zero-order valence-corrected chi connectivity index (χ0v) is 15.4. The van der Waals surface area contributed by atoms with Crippen molar-refractivity contribution in [3.05, 3.63) is 30.5 Å². The number of hydrogen-bond acceptors (Lipinski definition) is 3. The second-order valence-electron chi connectivity index (χ2n) is 7.80. The fraction of sp³-hybridized carbons (Fsp3) is 0.526. The zero-order chi connectivity index (χ0) is 19.3. The van der Waals surface area contributed by atoms with Gasteiger partial charge in [0.25, 0.3) is 5.92 Å². The van der Waals surface area contributed by atoms with Gasteiger partial charge < -0.3 is 14.8 Å². The van der Waals surface area contributed by atoms with Crippen molar-refractivity contribution in [1.29, 1.82) is 0 Å². The number of urea groups is 1. The largest absolute Gasteiger partial charge is 0.345 e. The van der Waals surface area contributed by atoms with Gasteiger partial charge in [0, 0.05) is 38.2 Å². The maximum atomic E-state index is 13.7. The highest BCUT2D eigenvalue weighted by atomic mass is 19.3. The number of aromatic amines is 1. The van der Waals surface area contributed by atoms with Gasteiger partial charge in [-0.3, -0.25) is 4.40 Å². The van der Waals surface area contributed by atoms with Crippen molar-refractivity contribution in [2.24, 2.45) is 0 Å². The number of nitrogens with zero attached hydrogens (tertiary/aromatic N) is 5. The minimum Gasteiger partial charge on any atom is -0.345 e. The van der Waals surface area contributed by atoms with E-state index in [1.54, 1.807) is 17.3 Å². The van der Waals surface area contributed by atoms with Gasteiger partial charge in [-0.2, -0.15) is 0 Å². The van der Waals surface area contributed by atoms with E-state index in [2.05, 4.69) is 19.4 Å². The predicted molar refractivity (Wildman–Crippen MR) is 99.5 cm³/mol. The first-order chi connectivity index (χ1) is 13.5. The van der Waals surface area contributed by atoms with Gasteiger partial charge in [0.15, 0.2) is 5.65 Å². The normalized spacial score (nSPS) is 22.9. The third-order valence-corrected chi connectivity index (χ3v) is 5.81. The van der Waals surface area contributed by atoms with E-state index in [0.29, 0.717) is 26.1 Å². The summed E-state index contributed by atoms with van der Waals surface area (Å²) in [7, 11) is 0. The van der Waals surface area contributed by atoms with Crippen LogP contribution in [0.15, 0.2) is 24.7 Å². The second-order valence-corrected chi connectivity index (χ2v) is 7.80. The van der Waals surface area contributed by atoms with Crippen LogP contribution in [0.3, 0.4) is 0 Å². The summed E-state index contributed by atoms with van der Waals surface area (Å²) >= 11 is 0. The molecule has 148 valence electrons. The number of hydrogen-bond donors (Lipinski definition) is 1. The number of carbonyl (C=O) groups excluding carboxylic acids is 1. The Labute approximate surface area is 160 Å². The van der Waals surface area contributed by atoms with Gasteiger partial charge in [-0.25, -0.2) is 23.5 Å². The lowest BCUT2D eigenvalue weighted by atomic mass is 9.97. The molecule has 2 saturated heterocycles. The molecular weight excluding hydrogens is 366 g/mol. The molecule has 2 aliphatic heterocycles. The molecule has 3 aromatic rings. The maximum absolute atomic E-state index is 13.7. The topological polar surface area (TPSA) is 69.5 Å². The quantitative estimate of drug-likeness (QED) is 0.696. The molecule has 0 aromatic carbocycles. The Hall–Kier alpha value is -2.71. The molecule has 0 saturated carbocycles. The fourth-order valence-corrected chi connectivity index (χ4v) is 4.48. The number of likely N-dealkylation sites (tertiary alicyclic amines) is 2. The number of H-pyrrole nitrogens is 1. The van der Waals surface area contributed by atoms with Crippen molar-refractivity contribution >= 4 is 22.7 Å². The Bertz CT molecular complexity index is 1030. The zero-order valence-electron chi connectivity index (χ0n) is 15.4. The molecule has 2 fully saturated rings. The van der Waals surface area contributed by atoms with Crippen LogP contribution in [0.1, 0.15) is 37.4 Å². The van der Waals surface area contributed by atoms with Crippen molar-refractivity contribution < 1.29 is 13.6 Å². The number of halogens is 2. The number of aromatic nitrogens is 4. The first-order valence-corrected chi connectivity index (χ1v) is 9.73. The Morgan fingerprint density at radius 3 is 2.86 bits per heavy atom. The third-order valence-electron chi connectivity index (χ3n) is 5.81. The molecule has 2 aliphatic rings. The Morgan fingerprint density at radius 1 is 1.18 bits per heavy atom. The Kier molecular flexibility index (Phi) is 3.99. The molecule has 0 spiro atoms. The van der Waals surface area contributed by atoms with Crippen molar-refractivity contribution in [3.63, 3.8) is 0 Å². The van der Waals surface area contributed by atoms with Crippen molar-refractivity contribution in [3.8, 4) is 0 Å². The van der Waals surface area contributed by atoms with Gasteiger partial charge in [-0.1, -0.05) is 0 Å². The lowest BCUT2D eigenvalue weighted by Gasteiger charge is -2.39. The molecule has 28 heavy (non-hydrogen) atoms. The molecule has 0 radical (unpaired) electrons. The van der Waals surface area contributed by atoms with E-state index in [0.717, 1.165) is 35.3 Å². The Balaban J connectivity index is 1.41. The van der Waals surface area contributed by atoms with Crippen LogP contribution in [-0.4, -0.2) is 67.3 Å². The lowest BCUT2D eigenvalue weighted by molar-refractivity contribution is -0.0561. The molecule has 0 aliphatic carbocycles. The predicted octanol–water partition coefficient (Wildman–Crippen LogP) is 3.24. The number of nitrogens with one attached hydrogen (secondary N) is 1. The molecule has 9 heteroatoms. The van der Waals surface area contributed by atoms with Crippen molar-refractivity contribution in [2.75, 3.05) is 26.2 Å². The highest BCUT2D eigenvalue weighted by molar-refractivity contribution is 5.76. The summed E-state index contributed by atoms with van der Waals surface area (Å²) in [4.78, 5) is 28.0. The minimum absolute atomic E-state index is 0.0611. The van der Waals surface area contributed by atoms with Crippen LogP contribution in [0.4, 0.5) is 13.6 Å². The van der Waals surface area contributed by atoms with Gasteiger partial charge in [-0.15, -0.1) is 0 Å². The molecule has 3 aromatic heterocycles. The molecule has 5 heterocycles. The standard InChI is InChI=1S/C19H22F2N6O/c20-19(21)5-2-8-26(12-19)18(28)25-7-1-3-13(11-25)17-24-10-14-9-23-16-15(27(14)17)4-6-22-16/h4,6,9-10,13,22H,1-3,5,7-8,11-12H2. The van der Waals surface area contributed by atoms with Crippen LogP contribution >= 0.6 is 0 Å². The summed E-state index contributed by atoms with van der Waals surface area (Å²) < 4.78 is 29.6. The van der Waals surface area contributed by atoms with E-state index in [9.17, 15) is 13.6 Å². The van der Waals surface area contributed by atoms with Crippen molar-refractivity contribution in [2.45, 2.75) is 37.5 Å². The molecule has 1 N–H and O–H groups in total. The molecule has 5 rings (SSSR count). The number of amides is 2. The van der Waals surface area contributed by atoms with Crippen LogP contribution in [0.2, 0.25) is 0 Å². The second kappa shape index (κ2) is 6.42. The number of carbonyl (C=O) groups is 1. The first kappa shape index (κ1) is 17.4. The van der Waals surface area contributed by atoms with E-state index in [4.69, 9.17) is 0 Å². The van der Waals surface area contributed by atoms with E-state index in [-0.39, 0.29) is 18.4 Å². The third kappa shape index (κ3) is 2.89. The lowest BCUT2D eigenvalue weighted by Crippen LogP contribution is -2.53. The van der Waals surface area contributed by atoms with Gasteiger partial charge in [0.05, 0.1) is 30.0 Å². The average molecular weight is 388 g/mol. The first-order valence-electron chi connectivity index (χ1n) is 9.73. The van der Waals surface area contributed by atoms with E-state index >= 15 is 0 Å². The minimum atomic E-state index is -2.78. The van der Waals surface area contributed by atoms with Gasteiger partial charge in [0.1, 0.15) is 5.82 Å². The maximum Gasteiger partial charge on any atom is 0.320 e.